The Balaban J connectivity index is 1.66. The minimum atomic E-state index is -0.204. The lowest BCUT2D eigenvalue weighted by molar-refractivity contribution is -0.136. The Labute approximate surface area is 138 Å². The quantitative estimate of drug-likeness (QED) is 0.913. The fraction of sp³-hybridized carbons (Fsp3) is 0.438. The van der Waals surface area contributed by atoms with Crippen molar-refractivity contribution in [2.24, 2.45) is 0 Å². The summed E-state index contributed by atoms with van der Waals surface area (Å²) in [7, 11) is 0. The number of nitrogens with one attached hydrogen (secondary N) is 1. The summed E-state index contributed by atoms with van der Waals surface area (Å²) < 4.78 is 6.42. The van der Waals surface area contributed by atoms with Crippen molar-refractivity contribution in [2.45, 2.75) is 26.2 Å². The number of thiazole rings is 1. The van der Waals surface area contributed by atoms with Crippen LogP contribution in [0.15, 0.2) is 18.2 Å². The van der Waals surface area contributed by atoms with Gasteiger partial charge in [0.05, 0.1) is 23.4 Å². The van der Waals surface area contributed by atoms with Crippen LogP contribution in [0.2, 0.25) is 0 Å². The molecule has 0 atom stereocenters. The van der Waals surface area contributed by atoms with Crippen LogP contribution in [0.5, 0.6) is 5.75 Å². The Morgan fingerprint density at radius 3 is 3.09 bits per heavy atom. The van der Waals surface area contributed by atoms with Gasteiger partial charge in [0.15, 0.2) is 5.13 Å². The van der Waals surface area contributed by atoms with Crippen molar-refractivity contribution < 1.29 is 14.3 Å². The molecule has 0 saturated carbocycles. The average molecular weight is 333 g/mol. The maximum Gasteiger partial charge on any atom is 0.245 e. The molecular formula is C16H19N3O3S. The highest BCUT2D eigenvalue weighted by Crippen LogP contribution is 2.29. The van der Waals surface area contributed by atoms with E-state index in [0.29, 0.717) is 24.7 Å². The Hall–Kier alpha value is -2.15. The van der Waals surface area contributed by atoms with Crippen molar-refractivity contribution >= 4 is 38.5 Å². The molecule has 2 amide bonds. The number of hydrogen-bond donors (Lipinski definition) is 1. The van der Waals surface area contributed by atoms with Crippen LogP contribution in [-0.4, -0.2) is 41.4 Å². The first kappa shape index (κ1) is 15.7. The molecule has 3 rings (SSSR count). The number of carbonyl (C=O) groups excluding carboxylic acids is 2. The van der Waals surface area contributed by atoms with Gasteiger partial charge in [-0.25, -0.2) is 4.98 Å². The topological polar surface area (TPSA) is 71.5 Å². The Bertz CT molecular complexity index is 728. The van der Waals surface area contributed by atoms with E-state index < -0.39 is 0 Å². The van der Waals surface area contributed by atoms with Crippen molar-refractivity contribution in [2.75, 3.05) is 25.0 Å². The van der Waals surface area contributed by atoms with Crippen LogP contribution in [-0.2, 0) is 9.59 Å². The Morgan fingerprint density at radius 1 is 1.43 bits per heavy atom. The number of benzene rings is 1. The van der Waals surface area contributed by atoms with Crippen LogP contribution in [0.3, 0.4) is 0 Å². The second kappa shape index (κ2) is 6.95. The molecule has 1 aliphatic rings. The van der Waals surface area contributed by atoms with Crippen LogP contribution in [0.25, 0.3) is 10.2 Å². The standard InChI is InChI=1S/C16H19N3O3S/c1-2-22-11-6-7-12-13(9-11)23-16(17-12)18-14(20)10-19-8-4-3-5-15(19)21/h6-7,9H,2-5,8,10H2,1H3,(H,17,18,20). The van der Waals surface area contributed by atoms with E-state index in [9.17, 15) is 9.59 Å². The fourth-order valence-electron chi connectivity index (χ4n) is 2.58. The lowest BCUT2D eigenvalue weighted by Gasteiger charge is -2.25. The van der Waals surface area contributed by atoms with Gasteiger partial charge in [0.1, 0.15) is 5.75 Å². The minimum Gasteiger partial charge on any atom is -0.494 e. The summed E-state index contributed by atoms with van der Waals surface area (Å²) in [6.45, 7) is 3.30. The third kappa shape index (κ3) is 3.79. The SMILES string of the molecule is CCOc1ccc2nc(NC(=O)CN3CCCCC3=O)sc2c1. The second-order valence-corrected chi connectivity index (χ2v) is 6.43. The van der Waals surface area contributed by atoms with Gasteiger partial charge >= 0.3 is 0 Å². The number of ether oxygens (including phenoxy) is 1. The molecule has 122 valence electrons. The number of piperidine rings is 1. The van der Waals surface area contributed by atoms with E-state index in [2.05, 4.69) is 10.3 Å². The number of carbonyl (C=O) groups is 2. The molecule has 1 aromatic heterocycles. The van der Waals surface area contributed by atoms with E-state index in [1.54, 1.807) is 4.90 Å². The molecule has 2 aromatic rings. The summed E-state index contributed by atoms with van der Waals surface area (Å²) >= 11 is 1.40. The lowest BCUT2D eigenvalue weighted by Crippen LogP contribution is -2.40. The van der Waals surface area contributed by atoms with E-state index in [-0.39, 0.29) is 18.4 Å². The number of anilines is 1. The predicted octanol–water partition coefficient (Wildman–Crippen LogP) is 2.65. The monoisotopic (exact) mass is 333 g/mol. The number of likely N-dealkylation sites (tertiary alicyclic amines) is 1. The van der Waals surface area contributed by atoms with Crippen LogP contribution in [0, 0.1) is 0 Å². The van der Waals surface area contributed by atoms with Gasteiger partial charge < -0.3 is 15.0 Å². The van der Waals surface area contributed by atoms with E-state index in [4.69, 9.17) is 4.74 Å². The van der Waals surface area contributed by atoms with Gasteiger partial charge in [0, 0.05) is 13.0 Å². The molecule has 23 heavy (non-hydrogen) atoms. The number of rotatable bonds is 5. The first-order valence-corrected chi connectivity index (χ1v) is 8.58. The van der Waals surface area contributed by atoms with Gasteiger partial charge in [-0.1, -0.05) is 11.3 Å². The highest BCUT2D eigenvalue weighted by atomic mass is 32.1. The molecule has 0 unspecified atom stereocenters. The molecule has 0 spiro atoms. The third-order valence-corrected chi connectivity index (χ3v) is 4.61. The number of amides is 2. The van der Waals surface area contributed by atoms with Gasteiger partial charge in [-0.3, -0.25) is 9.59 Å². The first-order valence-electron chi connectivity index (χ1n) is 7.76. The lowest BCUT2D eigenvalue weighted by atomic mass is 10.1. The number of hydrogen-bond acceptors (Lipinski definition) is 5. The van der Waals surface area contributed by atoms with Crippen LogP contribution in [0.4, 0.5) is 5.13 Å². The molecule has 0 aliphatic carbocycles. The Kier molecular flexibility index (Phi) is 4.76. The third-order valence-electron chi connectivity index (χ3n) is 3.67. The van der Waals surface area contributed by atoms with E-state index >= 15 is 0 Å². The largest absolute Gasteiger partial charge is 0.494 e. The molecule has 1 saturated heterocycles. The molecular weight excluding hydrogens is 314 g/mol. The van der Waals surface area contributed by atoms with Crippen molar-refractivity contribution in [1.29, 1.82) is 0 Å². The van der Waals surface area contributed by atoms with E-state index in [1.165, 1.54) is 11.3 Å². The molecule has 0 radical (unpaired) electrons. The maximum atomic E-state index is 12.1. The van der Waals surface area contributed by atoms with Gasteiger partial charge in [-0.15, -0.1) is 0 Å². The average Bonchev–Trinajstić information content (AvgIpc) is 2.91. The zero-order valence-corrected chi connectivity index (χ0v) is 13.8. The van der Waals surface area contributed by atoms with Crippen LogP contribution >= 0.6 is 11.3 Å². The van der Waals surface area contributed by atoms with Crippen molar-refractivity contribution in [3.05, 3.63) is 18.2 Å². The molecule has 1 aliphatic heterocycles. The highest BCUT2D eigenvalue weighted by molar-refractivity contribution is 7.22. The van der Waals surface area contributed by atoms with Gasteiger partial charge in [0.25, 0.3) is 0 Å². The van der Waals surface area contributed by atoms with Crippen molar-refractivity contribution in [1.82, 2.24) is 9.88 Å². The predicted molar refractivity (Wildman–Crippen MR) is 89.8 cm³/mol. The molecule has 1 fully saturated rings. The molecule has 1 N–H and O–H groups in total. The zero-order chi connectivity index (χ0) is 16.2. The first-order chi connectivity index (χ1) is 11.2. The molecule has 7 heteroatoms. The molecule has 2 heterocycles. The summed E-state index contributed by atoms with van der Waals surface area (Å²) in [5.74, 6) is 0.641. The number of nitrogens with zero attached hydrogens (tertiary/aromatic N) is 2. The minimum absolute atomic E-state index is 0.0528. The normalized spacial score (nSPS) is 15.0. The summed E-state index contributed by atoms with van der Waals surface area (Å²) in [4.78, 5) is 29.9. The second-order valence-electron chi connectivity index (χ2n) is 5.40. The van der Waals surface area contributed by atoms with E-state index in [1.807, 2.05) is 25.1 Å². The van der Waals surface area contributed by atoms with Crippen LogP contribution in [0.1, 0.15) is 26.2 Å². The summed E-state index contributed by atoms with van der Waals surface area (Å²) in [5.41, 5.74) is 0.822. The highest BCUT2D eigenvalue weighted by Gasteiger charge is 2.20. The van der Waals surface area contributed by atoms with Gasteiger partial charge in [0.2, 0.25) is 11.8 Å². The Morgan fingerprint density at radius 2 is 2.30 bits per heavy atom. The van der Waals surface area contributed by atoms with E-state index in [0.717, 1.165) is 28.8 Å². The fourth-order valence-corrected chi connectivity index (χ4v) is 3.49. The van der Waals surface area contributed by atoms with Crippen molar-refractivity contribution in [3.63, 3.8) is 0 Å². The molecule has 6 nitrogen and oxygen atoms in total. The van der Waals surface area contributed by atoms with Crippen LogP contribution < -0.4 is 10.1 Å². The smallest absolute Gasteiger partial charge is 0.245 e. The summed E-state index contributed by atoms with van der Waals surface area (Å²) in [6, 6.07) is 5.66. The molecule has 1 aromatic carbocycles. The van der Waals surface area contributed by atoms with Gasteiger partial charge in [-0.05, 0) is 38.0 Å². The summed E-state index contributed by atoms with van der Waals surface area (Å²) in [6.07, 6.45) is 2.41. The number of fused-ring (bicyclic) bond motifs is 1. The van der Waals surface area contributed by atoms with Gasteiger partial charge in [-0.2, -0.15) is 0 Å². The maximum absolute atomic E-state index is 12.1. The number of aromatic nitrogens is 1. The van der Waals surface area contributed by atoms with Crippen molar-refractivity contribution in [3.8, 4) is 5.75 Å². The zero-order valence-electron chi connectivity index (χ0n) is 13.0. The summed E-state index contributed by atoms with van der Waals surface area (Å²) in [5, 5.41) is 3.33. The molecule has 0 bridgehead atoms.